The van der Waals surface area contributed by atoms with Crippen molar-refractivity contribution < 1.29 is 9.53 Å². The Morgan fingerprint density at radius 3 is 2.79 bits per heavy atom. The van der Waals surface area contributed by atoms with Crippen LogP contribution in [0.2, 0.25) is 0 Å². The molecule has 0 heterocycles. The zero-order valence-electron chi connectivity index (χ0n) is 9.05. The molecule has 1 aliphatic carbocycles. The van der Waals surface area contributed by atoms with E-state index in [9.17, 15) is 4.79 Å². The van der Waals surface area contributed by atoms with Crippen LogP contribution in [0.4, 0.5) is 0 Å². The minimum absolute atomic E-state index is 0.0444. The normalized spacial score (nSPS) is 15.5. The molecular formula is C11H21NO2. The lowest BCUT2D eigenvalue weighted by Gasteiger charge is -2.04. The molecule has 0 atom stereocenters. The molecule has 1 N–H and O–H groups in total. The summed E-state index contributed by atoms with van der Waals surface area (Å²) in [5, 5.41) is 2.89. The van der Waals surface area contributed by atoms with Gasteiger partial charge < -0.3 is 10.1 Å². The van der Waals surface area contributed by atoms with Gasteiger partial charge in [0.05, 0.1) is 0 Å². The van der Waals surface area contributed by atoms with E-state index in [1.165, 1.54) is 19.3 Å². The van der Waals surface area contributed by atoms with E-state index < -0.39 is 0 Å². The van der Waals surface area contributed by atoms with Crippen LogP contribution in [-0.2, 0) is 9.53 Å². The highest BCUT2D eigenvalue weighted by Crippen LogP contribution is 2.18. The largest absolute Gasteiger partial charge is 0.372 e. The van der Waals surface area contributed by atoms with Crippen LogP contribution < -0.4 is 5.32 Å². The van der Waals surface area contributed by atoms with Crippen molar-refractivity contribution in [2.24, 2.45) is 0 Å². The Morgan fingerprint density at radius 1 is 1.36 bits per heavy atom. The maximum absolute atomic E-state index is 11.1. The molecule has 0 saturated heterocycles. The van der Waals surface area contributed by atoms with Gasteiger partial charge in [-0.05, 0) is 19.3 Å². The molecule has 0 aromatic heterocycles. The van der Waals surface area contributed by atoms with E-state index in [-0.39, 0.29) is 12.5 Å². The first-order valence-corrected chi connectivity index (χ1v) is 5.70. The summed E-state index contributed by atoms with van der Waals surface area (Å²) in [6.45, 7) is 3.14. The molecule has 1 rings (SSSR count). The Labute approximate surface area is 86.2 Å². The average Bonchev–Trinajstić information content (AvgIpc) is 2.95. The van der Waals surface area contributed by atoms with Crippen LogP contribution in [-0.4, -0.2) is 25.2 Å². The first-order chi connectivity index (χ1) is 6.83. The summed E-state index contributed by atoms with van der Waals surface area (Å²) in [7, 11) is 0. The number of hydrogen-bond acceptors (Lipinski definition) is 2. The van der Waals surface area contributed by atoms with E-state index in [1.807, 2.05) is 0 Å². The lowest BCUT2D eigenvalue weighted by atomic mass is 10.2. The number of hydrogen-bond donors (Lipinski definition) is 1. The highest BCUT2D eigenvalue weighted by molar-refractivity contribution is 5.77. The number of carbonyl (C=O) groups is 1. The second kappa shape index (κ2) is 6.82. The van der Waals surface area contributed by atoms with E-state index in [2.05, 4.69) is 12.2 Å². The highest BCUT2D eigenvalue weighted by Gasteiger charge is 2.22. The molecule has 3 nitrogen and oxygen atoms in total. The molecule has 1 amide bonds. The van der Waals surface area contributed by atoms with Gasteiger partial charge in [0.15, 0.2) is 0 Å². The van der Waals surface area contributed by atoms with Crippen LogP contribution >= 0.6 is 0 Å². The van der Waals surface area contributed by atoms with Gasteiger partial charge in [0, 0.05) is 12.6 Å². The number of ether oxygens (including phenoxy) is 1. The summed E-state index contributed by atoms with van der Waals surface area (Å²) in [4.78, 5) is 11.1. The molecule has 1 saturated carbocycles. The summed E-state index contributed by atoms with van der Waals surface area (Å²) in [5.74, 6) is 0.0444. The van der Waals surface area contributed by atoms with Gasteiger partial charge in [-0.15, -0.1) is 0 Å². The van der Waals surface area contributed by atoms with Gasteiger partial charge in [-0.1, -0.05) is 26.2 Å². The fourth-order valence-corrected chi connectivity index (χ4v) is 1.29. The predicted octanol–water partition coefficient (Wildman–Crippen LogP) is 1.86. The lowest BCUT2D eigenvalue weighted by molar-refractivity contribution is -0.125. The van der Waals surface area contributed by atoms with Gasteiger partial charge in [-0.25, -0.2) is 0 Å². The minimum atomic E-state index is 0.0444. The number of rotatable bonds is 8. The first kappa shape index (κ1) is 11.5. The second-order valence-corrected chi connectivity index (χ2v) is 3.96. The van der Waals surface area contributed by atoms with Crippen molar-refractivity contribution in [3.8, 4) is 0 Å². The minimum Gasteiger partial charge on any atom is -0.372 e. The molecule has 0 aromatic carbocycles. The van der Waals surface area contributed by atoms with E-state index in [1.54, 1.807) is 0 Å². The lowest BCUT2D eigenvalue weighted by Crippen LogP contribution is -2.29. The zero-order chi connectivity index (χ0) is 10.2. The van der Waals surface area contributed by atoms with Gasteiger partial charge >= 0.3 is 0 Å². The molecule has 0 bridgehead atoms. The van der Waals surface area contributed by atoms with E-state index >= 15 is 0 Å². The van der Waals surface area contributed by atoms with Gasteiger partial charge in [-0.3, -0.25) is 4.79 Å². The standard InChI is InChI=1S/C11H21NO2/c1-2-3-4-5-8-14-9-11(13)12-10-6-7-10/h10H,2-9H2,1H3,(H,12,13). The van der Waals surface area contributed by atoms with Crippen molar-refractivity contribution in [2.45, 2.75) is 51.5 Å². The third-order valence-electron chi connectivity index (χ3n) is 2.32. The van der Waals surface area contributed by atoms with Crippen molar-refractivity contribution in [3.05, 3.63) is 0 Å². The van der Waals surface area contributed by atoms with Crippen molar-refractivity contribution >= 4 is 5.91 Å². The first-order valence-electron chi connectivity index (χ1n) is 5.70. The van der Waals surface area contributed by atoms with Crippen molar-refractivity contribution in [1.82, 2.24) is 5.32 Å². The van der Waals surface area contributed by atoms with Gasteiger partial charge in [-0.2, -0.15) is 0 Å². The fraction of sp³-hybridized carbons (Fsp3) is 0.909. The van der Waals surface area contributed by atoms with Crippen LogP contribution in [0.5, 0.6) is 0 Å². The maximum atomic E-state index is 11.1. The Morgan fingerprint density at radius 2 is 2.14 bits per heavy atom. The van der Waals surface area contributed by atoms with Crippen LogP contribution in [0.15, 0.2) is 0 Å². The van der Waals surface area contributed by atoms with Gasteiger partial charge in [0.1, 0.15) is 6.61 Å². The van der Waals surface area contributed by atoms with Crippen LogP contribution in [0.3, 0.4) is 0 Å². The zero-order valence-corrected chi connectivity index (χ0v) is 9.05. The number of nitrogens with one attached hydrogen (secondary N) is 1. The second-order valence-electron chi connectivity index (χ2n) is 3.96. The van der Waals surface area contributed by atoms with Gasteiger partial charge in [0.2, 0.25) is 5.91 Å². The summed E-state index contributed by atoms with van der Waals surface area (Å²) in [6.07, 6.45) is 7.07. The molecule has 1 fully saturated rings. The third kappa shape index (κ3) is 5.97. The molecule has 0 unspecified atom stereocenters. The smallest absolute Gasteiger partial charge is 0.246 e. The third-order valence-corrected chi connectivity index (χ3v) is 2.32. The highest BCUT2D eigenvalue weighted by atomic mass is 16.5. The Balaban J connectivity index is 1.80. The molecule has 0 aromatic rings. The average molecular weight is 199 g/mol. The summed E-state index contributed by atoms with van der Waals surface area (Å²) >= 11 is 0. The summed E-state index contributed by atoms with van der Waals surface area (Å²) < 4.78 is 5.26. The molecular weight excluding hydrogens is 178 g/mol. The SMILES string of the molecule is CCCCCCOCC(=O)NC1CC1. The van der Waals surface area contributed by atoms with E-state index in [0.717, 1.165) is 25.9 Å². The molecule has 3 heteroatoms. The van der Waals surface area contributed by atoms with Crippen molar-refractivity contribution in [2.75, 3.05) is 13.2 Å². The Kier molecular flexibility index (Phi) is 5.60. The summed E-state index contributed by atoms with van der Waals surface area (Å²) in [5.41, 5.74) is 0. The van der Waals surface area contributed by atoms with Crippen molar-refractivity contribution in [3.63, 3.8) is 0 Å². The molecule has 1 aliphatic rings. The molecule has 82 valence electrons. The topological polar surface area (TPSA) is 38.3 Å². The van der Waals surface area contributed by atoms with Crippen LogP contribution in [0.25, 0.3) is 0 Å². The molecule has 0 radical (unpaired) electrons. The fourth-order valence-electron chi connectivity index (χ4n) is 1.29. The predicted molar refractivity (Wildman–Crippen MR) is 56.1 cm³/mol. The molecule has 0 spiro atoms. The quantitative estimate of drug-likeness (QED) is 0.606. The summed E-state index contributed by atoms with van der Waals surface area (Å²) in [6, 6.07) is 0.450. The van der Waals surface area contributed by atoms with E-state index in [0.29, 0.717) is 6.04 Å². The van der Waals surface area contributed by atoms with Crippen LogP contribution in [0.1, 0.15) is 45.4 Å². The number of amides is 1. The molecule has 14 heavy (non-hydrogen) atoms. The van der Waals surface area contributed by atoms with E-state index in [4.69, 9.17) is 4.74 Å². The number of unbranched alkanes of at least 4 members (excludes halogenated alkanes) is 3. The number of carbonyl (C=O) groups excluding carboxylic acids is 1. The van der Waals surface area contributed by atoms with Crippen molar-refractivity contribution in [1.29, 1.82) is 0 Å². The molecule has 0 aliphatic heterocycles. The monoisotopic (exact) mass is 199 g/mol. The van der Waals surface area contributed by atoms with Gasteiger partial charge in [0.25, 0.3) is 0 Å². The maximum Gasteiger partial charge on any atom is 0.246 e. The Bertz CT molecular complexity index is 167. The Hall–Kier alpha value is -0.570. The van der Waals surface area contributed by atoms with Crippen LogP contribution in [0, 0.1) is 0 Å².